The quantitative estimate of drug-likeness (QED) is 0.678. The van der Waals surface area contributed by atoms with Crippen molar-refractivity contribution in [3.8, 4) is 0 Å². The molecule has 1 N–H and O–H groups in total. The molecule has 1 aliphatic heterocycles. The summed E-state index contributed by atoms with van der Waals surface area (Å²) in [4.78, 5) is 35.1. The van der Waals surface area contributed by atoms with Crippen LogP contribution in [0.4, 0.5) is 4.79 Å². The van der Waals surface area contributed by atoms with Crippen LogP contribution in [0.2, 0.25) is 0 Å². The van der Waals surface area contributed by atoms with E-state index >= 15 is 0 Å². The lowest BCUT2D eigenvalue weighted by Crippen LogP contribution is -2.58. The molecule has 0 radical (unpaired) electrons. The van der Waals surface area contributed by atoms with Gasteiger partial charge in [-0.15, -0.1) is 0 Å². The highest BCUT2D eigenvalue weighted by molar-refractivity contribution is 7.84. The van der Waals surface area contributed by atoms with Crippen molar-refractivity contribution in [2.45, 2.75) is 19.1 Å². The summed E-state index contributed by atoms with van der Waals surface area (Å²) in [6.45, 7) is 3.17. The summed E-state index contributed by atoms with van der Waals surface area (Å²) in [6.07, 6.45) is 1.51. The van der Waals surface area contributed by atoms with Crippen molar-refractivity contribution >= 4 is 28.6 Å². The van der Waals surface area contributed by atoms with Crippen LogP contribution in [-0.2, 0) is 20.4 Å². The van der Waals surface area contributed by atoms with Gasteiger partial charge in [-0.3, -0.25) is 24.0 Å². The van der Waals surface area contributed by atoms with Crippen LogP contribution in [0.15, 0.2) is 0 Å². The normalized spacial score (nSPS) is 25.3. The largest absolute Gasteiger partial charge is 0.330 e. The van der Waals surface area contributed by atoms with E-state index in [1.165, 1.54) is 13.2 Å². The van der Waals surface area contributed by atoms with Gasteiger partial charge in [0.05, 0.1) is 0 Å². The lowest BCUT2D eigenvalue weighted by molar-refractivity contribution is -0.141. The lowest BCUT2D eigenvalue weighted by Gasteiger charge is -2.29. The fourth-order valence-corrected chi connectivity index (χ4v) is 1.62. The molecule has 0 saturated carbocycles. The molecule has 3 unspecified atom stereocenters. The maximum absolute atomic E-state index is 11.6. The SMILES string of the molecule is CC1C(=O)NC(=O)N(CC(C)S(C)=O)C1=O. The van der Waals surface area contributed by atoms with E-state index in [-0.39, 0.29) is 11.8 Å². The molecule has 0 bridgehead atoms. The molecule has 6 nitrogen and oxygen atoms in total. The molecule has 7 heteroatoms. The zero-order chi connectivity index (χ0) is 12.5. The lowest BCUT2D eigenvalue weighted by atomic mass is 10.1. The summed E-state index contributed by atoms with van der Waals surface area (Å²) in [7, 11) is -1.12. The second-order valence-electron chi connectivity index (χ2n) is 3.77. The number of urea groups is 1. The Bertz CT molecular complexity index is 369. The molecule has 0 aromatic carbocycles. The number of nitrogens with one attached hydrogen (secondary N) is 1. The van der Waals surface area contributed by atoms with Crippen molar-refractivity contribution in [1.82, 2.24) is 10.2 Å². The number of nitrogens with zero attached hydrogens (tertiary/aromatic N) is 1. The highest BCUT2D eigenvalue weighted by atomic mass is 32.2. The molecule has 90 valence electrons. The van der Waals surface area contributed by atoms with Gasteiger partial charge in [-0.1, -0.05) is 0 Å². The van der Waals surface area contributed by atoms with Crippen LogP contribution in [0.5, 0.6) is 0 Å². The van der Waals surface area contributed by atoms with Crippen molar-refractivity contribution in [2.75, 3.05) is 12.8 Å². The van der Waals surface area contributed by atoms with E-state index in [9.17, 15) is 18.6 Å². The zero-order valence-electron chi connectivity index (χ0n) is 9.35. The Labute approximate surface area is 95.8 Å². The summed E-state index contributed by atoms with van der Waals surface area (Å²) in [5, 5.41) is 1.77. The monoisotopic (exact) mass is 246 g/mol. The summed E-state index contributed by atoms with van der Waals surface area (Å²) >= 11 is 0. The maximum atomic E-state index is 11.6. The molecule has 0 aromatic rings. The van der Waals surface area contributed by atoms with Crippen LogP contribution < -0.4 is 5.32 Å². The smallest absolute Gasteiger partial charge is 0.277 e. The van der Waals surface area contributed by atoms with Gasteiger partial charge in [0.2, 0.25) is 11.8 Å². The number of amides is 4. The van der Waals surface area contributed by atoms with Gasteiger partial charge in [-0.2, -0.15) is 0 Å². The van der Waals surface area contributed by atoms with Crippen molar-refractivity contribution in [3.63, 3.8) is 0 Å². The summed E-state index contributed by atoms with van der Waals surface area (Å²) in [6, 6.07) is -0.731. The highest BCUT2D eigenvalue weighted by Gasteiger charge is 2.38. The predicted octanol–water partition coefficient (Wildman–Crippen LogP) is -0.532. The van der Waals surface area contributed by atoms with Gasteiger partial charge in [0.25, 0.3) is 0 Å². The number of hydrogen-bond donors (Lipinski definition) is 1. The van der Waals surface area contributed by atoms with E-state index in [2.05, 4.69) is 5.32 Å². The van der Waals surface area contributed by atoms with Crippen LogP contribution in [0, 0.1) is 5.92 Å². The van der Waals surface area contributed by atoms with E-state index in [0.717, 1.165) is 4.90 Å². The first-order valence-corrected chi connectivity index (χ1v) is 6.45. The molecule has 16 heavy (non-hydrogen) atoms. The number of imide groups is 2. The maximum Gasteiger partial charge on any atom is 0.330 e. The van der Waals surface area contributed by atoms with Gasteiger partial charge in [0, 0.05) is 28.9 Å². The summed E-state index contributed by atoms with van der Waals surface area (Å²) in [5.74, 6) is -1.99. The minimum atomic E-state index is -1.12. The van der Waals surface area contributed by atoms with Gasteiger partial charge < -0.3 is 0 Å². The molecule has 0 spiro atoms. The molecule has 1 rings (SSSR count). The van der Waals surface area contributed by atoms with Crippen molar-refractivity contribution in [3.05, 3.63) is 0 Å². The molecule has 1 aliphatic rings. The number of carbonyl (C=O) groups is 3. The third kappa shape index (κ3) is 2.46. The van der Waals surface area contributed by atoms with Crippen molar-refractivity contribution in [2.24, 2.45) is 5.92 Å². The van der Waals surface area contributed by atoms with Gasteiger partial charge in [0.15, 0.2) is 0 Å². The Kier molecular flexibility index (Phi) is 3.79. The topological polar surface area (TPSA) is 83.6 Å². The Morgan fingerprint density at radius 2 is 2.00 bits per heavy atom. The number of hydrogen-bond acceptors (Lipinski definition) is 4. The molecular weight excluding hydrogens is 232 g/mol. The van der Waals surface area contributed by atoms with Crippen LogP contribution in [0.1, 0.15) is 13.8 Å². The number of carbonyl (C=O) groups excluding carboxylic acids is 3. The Balaban J connectivity index is 2.79. The standard InChI is InChI=1S/C9H14N2O4S/c1-5(16(3)15)4-11-8(13)6(2)7(12)10-9(11)14/h5-6H,4H2,1-3H3,(H,10,12,14). The molecule has 4 amide bonds. The Morgan fingerprint density at radius 3 is 2.50 bits per heavy atom. The third-order valence-electron chi connectivity index (χ3n) is 2.51. The van der Waals surface area contributed by atoms with Crippen molar-refractivity contribution in [1.29, 1.82) is 0 Å². The van der Waals surface area contributed by atoms with E-state index in [0.29, 0.717) is 0 Å². The van der Waals surface area contributed by atoms with Crippen molar-refractivity contribution < 1.29 is 18.6 Å². The first-order valence-electron chi connectivity index (χ1n) is 4.83. The molecule has 0 aromatic heterocycles. The fourth-order valence-electron chi connectivity index (χ4n) is 1.26. The molecule has 1 heterocycles. The molecule has 0 aliphatic carbocycles. The third-order valence-corrected chi connectivity index (χ3v) is 3.79. The highest BCUT2D eigenvalue weighted by Crippen LogP contribution is 2.11. The average molecular weight is 246 g/mol. The van der Waals surface area contributed by atoms with Gasteiger partial charge in [0.1, 0.15) is 5.92 Å². The van der Waals surface area contributed by atoms with E-state index < -0.39 is 34.6 Å². The Hall–Kier alpha value is -1.24. The first-order chi connectivity index (χ1) is 7.34. The zero-order valence-corrected chi connectivity index (χ0v) is 10.2. The Morgan fingerprint density at radius 1 is 1.44 bits per heavy atom. The van der Waals surface area contributed by atoms with Gasteiger partial charge in [-0.25, -0.2) is 4.79 Å². The van der Waals surface area contributed by atoms with E-state index in [4.69, 9.17) is 0 Å². The van der Waals surface area contributed by atoms with Crippen LogP contribution in [0.3, 0.4) is 0 Å². The second-order valence-corrected chi connectivity index (χ2v) is 5.58. The average Bonchev–Trinajstić information content (AvgIpc) is 2.20. The second kappa shape index (κ2) is 4.73. The minimum absolute atomic E-state index is 0.0609. The van der Waals surface area contributed by atoms with Crippen LogP contribution in [0.25, 0.3) is 0 Å². The minimum Gasteiger partial charge on any atom is -0.277 e. The molecule has 1 saturated heterocycles. The number of barbiturate groups is 1. The van der Waals surface area contributed by atoms with Crippen LogP contribution in [-0.4, -0.2) is 45.0 Å². The van der Waals surface area contributed by atoms with E-state index in [1.807, 2.05) is 0 Å². The first kappa shape index (κ1) is 12.8. The molecule has 1 fully saturated rings. The fraction of sp³-hybridized carbons (Fsp3) is 0.667. The van der Waals surface area contributed by atoms with E-state index in [1.54, 1.807) is 6.92 Å². The van der Waals surface area contributed by atoms with Gasteiger partial charge in [-0.05, 0) is 13.8 Å². The molecule has 3 atom stereocenters. The predicted molar refractivity (Wildman–Crippen MR) is 57.9 cm³/mol. The van der Waals surface area contributed by atoms with Crippen LogP contribution >= 0.6 is 0 Å². The number of rotatable bonds is 3. The molecular formula is C9H14N2O4S. The summed E-state index contributed by atoms with van der Waals surface area (Å²) in [5.41, 5.74) is 0. The summed E-state index contributed by atoms with van der Waals surface area (Å²) < 4.78 is 11.2. The van der Waals surface area contributed by atoms with Gasteiger partial charge >= 0.3 is 6.03 Å².